The number of rotatable bonds is 67. The minimum Gasteiger partial charge on any atom is -0.462 e. The van der Waals surface area contributed by atoms with Crippen LogP contribution in [0.25, 0.3) is 0 Å². The highest BCUT2D eigenvalue weighted by atomic mass is 16.6. The van der Waals surface area contributed by atoms with Crippen LogP contribution in [0.5, 0.6) is 0 Å². The van der Waals surface area contributed by atoms with Crippen LogP contribution >= 0.6 is 0 Å². The first-order valence-electron chi connectivity index (χ1n) is 35.8. The summed E-state index contributed by atoms with van der Waals surface area (Å²) in [5.74, 6) is -0.837. The SMILES string of the molecule is CCCCCCC/C=C\C/C=C\CCCCCCCCCCCCCCCCCCCCCCCCCC(=O)OCC(COC(=O)CCCCCCCCCC)OC(=O)CCCCCCCCCCCCCCCCCCCC. The van der Waals surface area contributed by atoms with Crippen molar-refractivity contribution < 1.29 is 28.6 Å². The number of carbonyl (C=O) groups excluding carboxylic acids is 3. The molecule has 0 rings (SSSR count). The molecular weight excluding hydrogens is 973 g/mol. The number of hydrogen-bond donors (Lipinski definition) is 0. The lowest BCUT2D eigenvalue weighted by Gasteiger charge is -2.18. The molecule has 0 aliphatic rings. The molecule has 0 aliphatic carbocycles. The number of hydrogen-bond acceptors (Lipinski definition) is 6. The van der Waals surface area contributed by atoms with Gasteiger partial charge in [-0.25, -0.2) is 0 Å². The molecule has 0 aliphatic heterocycles. The van der Waals surface area contributed by atoms with Crippen LogP contribution in [-0.2, 0) is 28.6 Å². The van der Waals surface area contributed by atoms with E-state index in [2.05, 4.69) is 45.1 Å². The summed E-state index contributed by atoms with van der Waals surface area (Å²) in [4.78, 5) is 38.2. The first-order chi connectivity index (χ1) is 39.0. The quantitative estimate of drug-likeness (QED) is 0.0261. The fourth-order valence-electron chi connectivity index (χ4n) is 11.1. The van der Waals surface area contributed by atoms with Gasteiger partial charge in [0, 0.05) is 19.3 Å². The second-order valence-electron chi connectivity index (χ2n) is 24.5. The van der Waals surface area contributed by atoms with Crippen molar-refractivity contribution in [2.24, 2.45) is 0 Å². The summed E-state index contributed by atoms with van der Waals surface area (Å²) < 4.78 is 16.9. The van der Waals surface area contributed by atoms with Gasteiger partial charge in [0.1, 0.15) is 13.2 Å². The van der Waals surface area contributed by atoms with E-state index in [0.717, 1.165) is 64.2 Å². The summed E-state index contributed by atoms with van der Waals surface area (Å²) in [6.45, 7) is 6.68. The van der Waals surface area contributed by atoms with Gasteiger partial charge in [0.15, 0.2) is 6.10 Å². The Hall–Kier alpha value is -2.11. The lowest BCUT2D eigenvalue weighted by molar-refractivity contribution is -0.167. The third-order valence-electron chi connectivity index (χ3n) is 16.5. The van der Waals surface area contributed by atoms with E-state index < -0.39 is 6.10 Å². The van der Waals surface area contributed by atoms with Crippen molar-refractivity contribution in [3.05, 3.63) is 24.3 Å². The van der Waals surface area contributed by atoms with Crippen molar-refractivity contribution in [3.63, 3.8) is 0 Å². The van der Waals surface area contributed by atoms with Crippen molar-refractivity contribution in [1.29, 1.82) is 0 Å². The van der Waals surface area contributed by atoms with Crippen LogP contribution in [0, 0.1) is 0 Å². The van der Waals surface area contributed by atoms with E-state index in [9.17, 15) is 14.4 Å². The first-order valence-corrected chi connectivity index (χ1v) is 35.8. The summed E-state index contributed by atoms with van der Waals surface area (Å²) in [5.41, 5.74) is 0. The topological polar surface area (TPSA) is 78.9 Å². The molecule has 79 heavy (non-hydrogen) atoms. The number of allylic oxidation sites excluding steroid dienone is 4. The zero-order valence-corrected chi connectivity index (χ0v) is 53.7. The maximum absolute atomic E-state index is 12.9. The van der Waals surface area contributed by atoms with Gasteiger partial charge in [-0.2, -0.15) is 0 Å². The zero-order valence-electron chi connectivity index (χ0n) is 53.7. The average molecular weight is 1110 g/mol. The standard InChI is InChI=1S/C73H138O6/c1-4-7-10-13-16-19-21-23-25-27-29-30-31-32-33-34-35-36-37-38-39-40-41-42-43-44-45-47-48-50-52-54-57-60-63-66-72(75)78-69-70(68-77-71(74)65-62-59-56-18-15-12-9-6-3)79-73(76)67-64-61-58-55-53-51-49-46-28-26-24-22-20-17-14-11-8-5-2/h21,23,27,29,70H,4-20,22,24-26,28,30-69H2,1-3H3/b23-21-,29-27-. The molecule has 0 radical (unpaired) electrons. The molecule has 6 heteroatoms. The molecule has 0 saturated carbocycles. The predicted octanol–water partition coefficient (Wildman–Crippen LogP) is 24.6. The second-order valence-corrected chi connectivity index (χ2v) is 24.5. The molecule has 1 unspecified atom stereocenters. The molecule has 0 spiro atoms. The van der Waals surface area contributed by atoms with Gasteiger partial charge >= 0.3 is 17.9 Å². The second kappa shape index (κ2) is 68.4. The molecule has 0 fully saturated rings. The van der Waals surface area contributed by atoms with Crippen LogP contribution in [0.3, 0.4) is 0 Å². The van der Waals surface area contributed by atoms with Crippen molar-refractivity contribution in [3.8, 4) is 0 Å². The molecule has 0 saturated heterocycles. The summed E-state index contributed by atoms with van der Waals surface area (Å²) in [7, 11) is 0. The third kappa shape index (κ3) is 66.6. The molecule has 0 aromatic rings. The molecule has 466 valence electrons. The van der Waals surface area contributed by atoms with E-state index in [1.807, 2.05) is 0 Å². The Morgan fingerprint density at radius 3 is 0.696 bits per heavy atom. The van der Waals surface area contributed by atoms with Crippen molar-refractivity contribution in [2.75, 3.05) is 13.2 Å². The van der Waals surface area contributed by atoms with Gasteiger partial charge in [0.05, 0.1) is 0 Å². The number of carbonyl (C=O) groups is 3. The van der Waals surface area contributed by atoms with Crippen LogP contribution in [-0.4, -0.2) is 37.2 Å². The van der Waals surface area contributed by atoms with E-state index in [0.29, 0.717) is 19.3 Å². The largest absolute Gasteiger partial charge is 0.462 e. The monoisotopic (exact) mass is 1110 g/mol. The van der Waals surface area contributed by atoms with Crippen LogP contribution in [0.4, 0.5) is 0 Å². The van der Waals surface area contributed by atoms with Gasteiger partial charge in [0.25, 0.3) is 0 Å². The predicted molar refractivity (Wildman–Crippen MR) is 344 cm³/mol. The smallest absolute Gasteiger partial charge is 0.306 e. The van der Waals surface area contributed by atoms with Gasteiger partial charge in [-0.1, -0.05) is 360 Å². The zero-order chi connectivity index (χ0) is 57.1. The average Bonchev–Trinajstić information content (AvgIpc) is 3.45. The molecule has 0 N–H and O–H groups in total. The summed E-state index contributed by atoms with van der Waals surface area (Å²) in [5, 5.41) is 0. The maximum atomic E-state index is 12.9. The fraction of sp³-hybridized carbons (Fsp3) is 0.904. The normalized spacial score (nSPS) is 12.1. The van der Waals surface area contributed by atoms with E-state index in [4.69, 9.17) is 14.2 Å². The van der Waals surface area contributed by atoms with Crippen LogP contribution in [0.1, 0.15) is 406 Å². The van der Waals surface area contributed by atoms with Crippen LogP contribution in [0.15, 0.2) is 24.3 Å². The molecule has 0 heterocycles. The Bertz CT molecular complexity index is 1270. The number of esters is 3. The van der Waals surface area contributed by atoms with Gasteiger partial charge in [-0.05, 0) is 51.4 Å². The lowest BCUT2D eigenvalue weighted by Crippen LogP contribution is -2.30. The molecular formula is C73H138O6. The lowest BCUT2D eigenvalue weighted by atomic mass is 10.0. The van der Waals surface area contributed by atoms with Gasteiger partial charge in [-0.3, -0.25) is 14.4 Å². The Morgan fingerprint density at radius 2 is 0.456 bits per heavy atom. The Morgan fingerprint density at radius 1 is 0.253 bits per heavy atom. The molecule has 0 aromatic carbocycles. The van der Waals surface area contributed by atoms with Gasteiger partial charge in [0.2, 0.25) is 0 Å². The minimum absolute atomic E-state index is 0.0632. The Balaban J connectivity index is 3.95. The number of unbranched alkanes of at least 4 members (excludes halogenated alkanes) is 52. The van der Waals surface area contributed by atoms with Gasteiger partial charge in [-0.15, -0.1) is 0 Å². The molecule has 1 atom stereocenters. The van der Waals surface area contributed by atoms with E-state index in [1.54, 1.807) is 0 Å². The first kappa shape index (κ1) is 76.9. The highest BCUT2D eigenvalue weighted by Crippen LogP contribution is 2.19. The molecule has 6 nitrogen and oxygen atoms in total. The third-order valence-corrected chi connectivity index (χ3v) is 16.5. The molecule has 0 bridgehead atoms. The number of ether oxygens (including phenoxy) is 3. The summed E-state index contributed by atoms with van der Waals surface area (Å²) >= 11 is 0. The summed E-state index contributed by atoms with van der Waals surface area (Å²) in [6.07, 6.45) is 83.9. The molecule has 0 amide bonds. The summed E-state index contributed by atoms with van der Waals surface area (Å²) in [6, 6.07) is 0. The Labute approximate surface area is 493 Å². The maximum Gasteiger partial charge on any atom is 0.306 e. The minimum atomic E-state index is -0.764. The van der Waals surface area contributed by atoms with Crippen LogP contribution < -0.4 is 0 Å². The Kier molecular flexibility index (Phi) is 66.6. The fourth-order valence-corrected chi connectivity index (χ4v) is 11.1. The van der Waals surface area contributed by atoms with E-state index >= 15 is 0 Å². The van der Waals surface area contributed by atoms with Crippen LogP contribution in [0.2, 0.25) is 0 Å². The van der Waals surface area contributed by atoms with E-state index in [1.165, 1.54) is 302 Å². The highest BCUT2D eigenvalue weighted by molar-refractivity contribution is 5.71. The van der Waals surface area contributed by atoms with Crippen molar-refractivity contribution in [2.45, 2.75) is 412 Å². The molecule has 0 aromatic heterocycles. The van der Waals surface area contributed by atoms with Gasteiger partial charge < -0.3 is 14.2 Å². The van der Waals surface area contributed by atoms with Crippen molar-refractivity contribution in [1.82, 2.24) is 0 Å². The van der Waals surface area contributed by atoms with Crippen molar-refractivity contribution >= 4 is 17.9 Å². The highest BCUT2D eigenvalue weighted by Gasteiger charge is 2.19. The van der Waals surface area contributed by atoms with E-state index in [-0.39, 0.29) is 31.1 Å².